The first kappa shape index (κ1) is 19.9. The molecule has 1 aliphatic heterocycles. The van der Waals surface area contributed by atoms with Gasteiger partial charge in [0.2, 0.25) is 0 Å². The van der Waals surface area contributed by atoms with Crippen molar-refractivity contribution >= 4 is 17.5 Å². The summed E-state index contributed by atoms with van der Waals surface area (Å²) in [4.78, 5) is 27.8. The van der Waals surface area contributed by atoms with E-state index in [9.17, 15) is 9.59 Å². The third-order valence-electron chi connectivity index (χ3n) is 5.78. The molecule has 0 aromatic heterocycles. The molecule has 0 radical (unpaired) electrons. The molecule has 1 saturated heterocycles. The third kappa shape index (κ3) is 4.28. The summed E-state index contributed by atoms with van der Waals surface area (Å²) in [5, 5.41) is 2.93. The largest absolute Gasteiger partial charge is 0.338 e. The van der Waals surface area contributed by atoms with Gasteiger partial charge in [0.05, 0.1) is 11.3 Å². The molecule has 1 fully saturated rings. The van der Waals surface area contributed by atoms with E-state index in [1.807, 2.05) is 59.5 Å². The maximum Gasteiger partial charge on any atom is 0.255 e. The molecule has 0 saturated carbocycles. The van der Waals surface area contributed by atoms with E-state index in [1.165, 1.54) is 11.1 Å². The number of anilines is 1. The molecule has 3 aromatic carbocycles. The Morgan fingerprint density at radius 3 is 2.37 bits per heavy atom. The Balaban J connectivity index is 1.48. The number of hydrogen-bond acceptors (Lipinski definition) is 2. The lowest BCUT2D eigenvalue weighted by molar-refractivity contribution is 0.0792. The molecule has 1 unspecified atom stereocenters. The minimum atomic E-state index is -0.207. The van der Waals surface area contributed by atoms with Crippen molar-refractivity contribution in [2.45, 2.75) is 25.7 Å². The number of rotatable bonds is 5. The van der Waals surface area contributed by atoms with Crippen LogP contribution >= 0.6 is 0 Å². The van der Waals surface area contributed by atoms with Crippen molar-refractivity contribution in [2.24, 2.45) is 0 Å². The summed E-state index contributed by atoms with van der Waals surface area (Å²) < 4.78 is 0. The van der Waals surface area contributed by atoms with Crippen molar-refractivity contribution in [2.75, 3.05) is 18.4 Å². The van der Waals surface area contributed by atoms with E-state index in [2.05, 4.69) is 24.4 Å². The number of nitrogens with one attached hydrogen (secondary N) is 1. The van der Waals surface area contributed by atoms with Crippen LogP contribution in [0.25, 0.3) is 0 Å². The van der Waals surface area contributed by atoms with Gasteiger partial charge in [-0.25, -0.2) is 0 Å². The predicted octanol–water partition coefficient (Wildman–Crippen LogP) is 5.13. The van der Waals surface area contributed by atoms with Gasteiger partial charge in [0.1, 0.15) is 0 Å². The molecule has 4 heteroatoms. The van der Waals surface area contributed by atoms with Gasteiger partial charge in [-0.3, -0.25) is 9.59 Å². The van der Waals surface area contributed by atoms with Gasteiger partial charge in [-0.2, -0.15) is 0 Å². The number of carbonyl (C=O) groups is 2. The zero-order valence-electron chi connectivity index (χ0n) is 17.2. The van der Waals surface area contributed by atoms with E-state index in [0.717, 1.165) is 19.4 Å². The highest BCUT2D eigenvalue weighted by Gasteiger charge is 2.29. The van der Waals surface area contributed by atoms with E-state index in [1.54, 1.807) is 12.1 Å². The number of carbonyl (C=O) groups excluding carboxylic acids is 2. The molecule has 1 heterocycles. The standard InChI is InChI=1S/C26H26N2O2/c1-2-19-12-14-21(15-13-19)25(29)27-24-11-7-6-10-23(24)26(30)28-17-16-22(18-28)20-8-4-3-5-9-20/h3-15,22H,2,16-18H2,1H3,(H,27,29). The second kappa shape index (κ2) is 8.95. The van der Waals surface area contributed by atoms with Crippen molar-refractivity contribution in [1.82, 2.24) is 4.90 Å². The smallest absolute Gasteiger partial charge is 0.255 e. The zero-order chi connectivity index (χ0) is 20.9. The summed E-state index contributed by atoms with van der Waals surface area (Å²) in [7, 11) is 0. The second-order valence-corrected chi connectivity index (χ2v) is 7.70. The molecule has 152 valence electrons. The maximum absolute atomic E-state index is 13.2. The number of nitrogens with zero attached hydrogens (tertiary/aromatic N) is 1. The molecular formula is C26H26N2O2. The summed E-state index contributed by atoms with van der Waals surface area (Å²) in [6, 6.07) is 25.1. The van der Waals surface area contributed by atoms with Crippen LogP contribution in [0, 0.1) is 0 Å². The van der Waals surface area contributed by atoms with Crippen LogP contribution in [0.2, 0.25) is 0 Å². The number of aryl methyl sites for hydroxylation is 1. The number of benzene rings is 3. The van der Waals surface area contributed by atoms with Gasteiger partial charge in [0, 0.05) is 24.6 Å². The molecule has 1 atom stereocenters. The molecule has 1 aliphatic rings. The van der Waals surface area contributed by atoms with Gasteiger partial charge in [-0.15, -0.1) is 0 Å². The molecule has 0 aliphatic carbocycles. The van der Waals surface area contributed by atoms with Crippen LogP contribution in [-0.4, -0.2) is 29.8 Å². The van der Waals surface area contributed by atoms with Gasteiger partial charge in [0.25, 0.3) is 11.8 Å². The average molecular weight is 399 g/mol. The van der Waals surface area contributed by atoms with Gasteiger partial charge in [-0.05, 0) is 48.2 Å². The summed E-state index contributed by atoms with van der Waals surface area (Å²) in [6.07, 6.45) is 1.88. The summed E-state index contributed by atoms with van der Waals surface area (Å²) in [6.45, 7) is 3.50. The van der Waals surface area contributed by atoms with Crippen LogP contribution in [-0.2, 0) is 6.42 Å². The molecule has 3 aromatic rings. The first-order valence-corrected chi connectivity index (χ1v) is 10.5. The fraction of sp³-hybridized carbons (Fsp3) is 0.231. The number of likely N-dealkylation sites (tertiary alicyclic amines) is 1. The van der Waals surface area contributed by atoms with Gasteiger partial charge < -0.3 is 10.2 Å². The van der Waals surface area contributed by atoms with E-state index >= 15 is 0 Å². The van der Waals surface area contributed by atoms with E-state index in [4.69, 9.17) is 0 Å². The highest BCUT2D eigenvalue weighted by molar-refractivity contribution is 6.09. The lowest BCUT2D eigenvalue weighted by atomic mass is 9.99. The fourth-order valence-electron chi connectivity index (χ4n) is 3.98. The molecule has 4 rings (SSSR count). The van der Waals surface area contributed by atoms with Crippen LogP contribution < -0.4 is 5.32 Å². The van der Waals surface area contributed by atoms with Crippen molar-refractivity contribution in [3.05, 3.63) is 101 Å². The molecule has 1 N–H and O–H groups in total. The lowest BCUT2D eigenvalue weighted by Crippen LogP contribution is -2.29. The Labute approximate surface area is 177 Å². The third-order valence-corrected chi connectivity index (χ3v) is 5.78. The monoisotopic (exact) mass is 398 g/mol. The van der Waals surface area contributed by atoms with Crippen molar-refractivity contribution in [3.63, 3.8) is 0 Å². The lowest BCUT2D eigenvalue weighted by Gasteiger charge is -2.19. The number of hydrogen-bond donors (Lipinski definition) is 1. The number of para-hydroxylation sites is 1. The van der Waals surface area contributed by atoms with E-state index in [-0.39, 0.29) is 11.8 Å². The molecule has 30 heavy (non-hydrogen) atoms. The Morgan fingerprint density at radius 1 is 0.933 bits per heavy atom. The fourth-order valence-corrected chi connectivity index (χ4v) is 3.98. The quantitative estimate of drug-likeness (QED) is 0.648. The van der Waals surface area contributed by atoms with Crippen molar-refractivity contribution in [1.29, 1.82) is 0 Å². The van der Waals surface area contributed by atoms with Crippen LogP contribution in [0.5, 0.6) is 0 Å². The molecule has 2 amide bonds. The second-order valence-electron chi connectivity index (χ2n) is 7.70. The molecule has 0 bridgehead atoms. The first-order valence-electron chi connectivity index (χ1n) is 10.5. The maximum atomic E-state index is 13.2. The van der Waals surface area contributed by atoms with Crippen molar-refractivity contribution < 1.29 is 9.59 Å². The first-order chi connectivity index (χ1) is 14.7. The minimum absolute atomic E-state index is 0.0364. The molecule has 0 spiro atoms. The molecular weight excluding hydrogens is 372 g/mol. The van der Waals surface area contributed by atoms with Gasteiger partial charge in [-0.1, -0.05) is 61.5 Å². The van der Waals surface area contributed by atoms with E-state index in [0.29, 0.717) is 29.3 Å². The summed E-state index contributed by atoms with van der Waals surface area (Å²) in [5.74, 6) is 0.112. The molecule has 4 nitrogen and oxygen atoms in total. The van der Waals surface area contributed by atoms with Crippen LogP contribution in [0.4, 0.5) is 5.69 Å². The average Bonchev–Trinajstić information content (AvgIpc) is 3.30. The normalized spacial score (nSPS) is 15.8. The Hall–Kier alpha value is -3.40. The van der Waals surface area contributed by atoms with E-state index < -0.39 is 0 Å². The van der Waals surface area contributed by atoms with Gasteiger partial charge in [0.15, 0.2) is 0 Å². The number of amides is 2. The Kier molecular flexibility index (Phi) is 5.94. The highest BCUT2D eigenvalue weighted by Crippen LogP contribution is 2.29. The SMILES string of the molecule is CCc1ccc(C(=O)Nc2ccccc2C(=O)N2CCC(c3ccccc3)C2)cc1. The Morgan fingerprint density at radius 2 is 1.63 bits per heavy atom. The predicted molar refractivity (Wildman–Crippen MR) is 120 cm³/mol. The van der Waals surface area contributed by atoms with Crippen molar-refractivity contribution in [3.8, 4) is 0 Å². The topological polar surface area (TPSA) is 49.4 Å². The highest BCUT2D eigenvalue weighted by atomic mass is 16.2. The van der Waals surface area contributed by atoms with Crippen LogP contribution in [0.15, 0.2) is 78.9 Å². The van der Waals surface area contributed by atoms with Crippen LogP contribution in [0.3, 0.4) is 0 Å². The zero-order valence-corrected chi connectivity index (χ0v) is 17.2. The van der Waals surface area contributed by atoms with Crippen LogP contribution in [0.1, 0.15) is 51.1 Å². The summed E-state index contributed by atoms with van der Waals surface area (Å²) >= 11 is 0. The summed E-state index contributed by atoms with van der Waals surface area (Å²) in [5.41, 5.74) is 4.12. The Bertz CT molecular complexity index is 1030. The van der Waals surface area contributed by atoms with Gasteiger partial charge >= 0.3 is 0 Å². The minimum Gasteiger partial charge on any atom is -0.338 e.